The van der Waals surface area contributed by atoms with Gasteiger partial charge in [-0.05, 0) is 6.92 Å². The van der Waals surface area contributed by atoms with E-state index in [-0.39, 0.29) is 34.4 Å². The second-order valence-electron chi connectivity index (χ2n) is 7.45. The Balaban J connectivity index is 0.000000926. The summed E-state index contributed by atoms with van der Waals surface area (Å²) in [6.07, 6.45) is -5.48. The van der Waals surface area contributed by atoms with Crippen LogP contribution in [0.4, 0.5) is 19.1 Å². The molecule has 0 unspecified atom stereocenters. The van der Waals surface area contributed by atoms with E-state index in [4.69, 9.17) is 0 Å². The molecule has 0 saturated carbocycles. The van der Waals surface area contributed by atoms with Gasteiger partial charge in [-0.15, -0.1) is 5.92 Å². The smallest absolute Gasteiger partial charge is 0.469 e. The van der Waals surface area contributed by atoms with Crippen molar-refractivity contribution in [2.75, 3.05) is 45.3 Å². The maximum atomic E-state index is 13.0. The fourth-order valence-corrected chi connectivity index (χ4v) is 3.18. The van der Waals surface area contributed by atoms with E-state index in [2.05, 4.69) is 36.5 Å². The number of alkyl halides is 3. The Labute approximate surface area is 212 Å². The lowest BCUT2D eigenvalue weighted by Gasteiger charge is -2.28. The van der Waals surface area contributed by atoms with Crippen LogP contribution in [0.25, 0.3) is 11.2 Å². The number of anilines is 1. The number of piperazine rings is 1. The van der Waals surface area contributed by atoms with Gasteiger partial charge in [0.15, 0.2) is 11.2 Å². The summed E-state index contributed by atoms with van der Waals surface area (Å²) in [7, 11) is 2.38. The molecule has 1 N–H and O–H groups in total. The number of nitrogens with zero attached hydrogens (tertiary/aromatic N) is 5. The van der Waals surface area contributed by atoms with Crippen molar-refractivity contribution in [3.8, 4) is 11.8 Å². The molecular weight excluding hydrogens is 521 g/mol. The molecule has 208 valence electrons. The van der Waals surface area contributed by atoms with E-state index in [0.717, 1.165) is 7.11 Å². The number of hydrogen-bond donors (Lipinski definition) is 1. The van der Waals surface area contributed by atoms with Gasteiger partial charge in [0.2, 0.25) is 5.95 Å². The van der Waals surface area contributed by atoms with Crippen LogP contribution in [0.1, 0.15) is 13.8 Å². The Morgan fingerprint density at radius 3 is 2.18 bits per heavy atom. The van der Waals surface area contributed by atoms with Gasteiger partial charge in [0, 0.05) is 33.1 Å². The van der Waals surface area contributed by atoms with Crippen LogP contribution in [0.15, 0.2) is 9.59 Å². The number of imidazole rings is 1. The molecular formula is C21H25F3N6O8. The van der Waals surface area contributed by atoms with E-state index >= 15 is 0 Å². The third-order valence-electron chi connectivity index (χ3n) is 5.00. The molecule has 1 fully saturated rings. The number of fused-ring (bicyclic) bond motifs is 1. The topological polar surface area (TPSA) is 156 Å². The first-order valence-corrected chi connectivity index (χ1v) is 10.9. The van der Waals surface area contributed by atoms with Gasteiger partial charge >= 0.3 is 35.3 Å². The Kier molecular flexibility index (Phi) is 10.0. The zero-order valence-electron chi connectivity index (χ0n) is 20.9. The van der Waals surface area contributed by atoms with E-state index in [1.807, 2.05) is 0 Å². The maximum Gasteiger partial charge on any atom is 0.493 e. The molecule has 0 aromatic carbocycles. The van der Waals surface area contributed by atoms with Crippen molar-refractivity contribution in [3.05, 3.63) is 20.8 Å². The number of methoxy groups -OCH3 is 2. The Bertz CT molecular complexity index is 1380. The molecule has 0 aliphatic carbocycles. The largest absolute Gasteiger partial charge is 0.493 e. The summed E-state index contributed by atoms with van der Waals surface area (Å²) in [6.45, 7) is 4.12. The highest BCUT2D eigenvalue weighted by atomic mass is 19.4. The van der Waals surface area contributed by atoms with Crippen LogP contribution >= 0.6 is 0 Å². The summed E-state index contributed by atoms with van der Waals surface area (Å²) in [5, 5.41) is 3.14. The summed E-state index contributed by atoms with van der Waals surface area (Å²) >= 11 is 0. The van der Waals surface area contributed by atoms with Crippen molar-refractivity contribution in [2.45, 2.75) is 33.1 Å². The van der Waals surface area contributed by atoms with Crippen molar-refractivity contribution in [2.24, 2.45) is 0 Å². The standard InChI is InChI=1S/C18H19F3N6O6.C3H6O2/c1-3-4-7-25-12-13(23-16(25)24-8-5-22-6-9-24)26(10-11(28)32-2)17(31)27(14(12)29)33-15(30)18(19,20)21;1-3(4)5-2/h22H,5-10H2,1-2H3;1-2H3. The second-order valence-corrected chi connectivity index (χ2v) is 7.45. The van der Waals surface area contributed by atoms with Crippen molar-refractivity contribution in [1.82, 2.24) is 24.2 Å². The number of carbonyl (C=O) groups is 3. The third kappa shape index (κ3) is 6.91. The molecule has 0 atom stereocenters. The number of halogens is 3. The molecule has 1 saturated heterocycles. The van der Waals surface area contributed by atoms with Gasteiger partial charge in [0.25, 0.3) is 0 Å². The molecule has 38 heavy (non-hydrogen) atoms. The molecule has 2 aromatic heterocycles. The summed E-state index contributed by atoms with van der Waals surface area (Å²) in [4.78, 5) is 68.9. The van der Waals surface area contributed by atoms with Crippen molar-refractivity contribution in [3.63, 3.8) is 0 Å². The number of esters is 2. The molecule has 2 aromatic rings. The zero-order chi connectivity index (χ0) is 28.6. The van der Waals surface area contributed by atoms with E-state index in [1.54, 1.807) is 11.8 Å². The molecule has 0 spiro atoms. The first-order valence-electron chi connectivity index (χ1n) is 10.9. The SMILES string of the molecule is CC#CCn1c(N2CCNCC2)nc2c1c(=O)n(OC(=O)C(F)(F)F)c(=O)n2CC(=O)OC.COC(C)=O. The maximum absolute atomic E-state index is 13.0. The first-order chi connectivity index (χ1) is 17.9. The molecule has 1 aliphatic heterocycles. The van der Waals surface area contributed by atoms with Crippen molar-refractivity contribution >= 4 is 35.0 Å². The fourth-order valence-electron chi connectivity index (χ4n) is 3.18. The highest BCUT2D eigenvalue weighted by molar-refractivity contribution is 5.78. The number of rotatable bonds is 5. The van der Waals surface area contributed by atoms with Crippen LogP contribution in [0, 0.1) is 11.8 Å². The zero-order valence-corrected chi connectivity index (χ0v) is 20.9. The average Bonchev–Trinajstić information content (AvgIpc) is 3.27. The Morgan fingerprint density at radius 1 is 1.08 bits per heavy atom. The number of carbonyl (C=O) groups excluding carboxylic acids is 3. The van der Waals surface area contributed by atoms with E-state index in [1.165, 1.54) is 18.6 Å². The molecule has 0 bridgehead atoms. The fraction of sp³-hybridized carbons (Fsp3) is 0.524. The lowest BCUT2D eigenvalue weighted by Crippen LogP contribution is -2.49. The molecule has 1 aliphatic rings. The molecule has 14 nitrogen and oxygen atoms in total. The molecule has 0 radical (unpaired) electrons. The Morgan fingerprint density at radius 2 is 1.68 bits per heavy atom. The highest BCUT2D eigenvalue weighted by Crippen LogP contribution is 2.21. The van der Waals surface area contributed by atoms with Gasteiger partial charge in [-0.3, -0.25) is 23.5 Å². The number of aromatic nitrogens is 4. The predicted octanol–water partition coefficient (Wildman–Crippen LogP) is -1.34. The van der Waals surface area contributed by atoms with Crippen molar-refractivity contribution < 1.29 is 41.9 Å². The monoisotopic (exact) mass is 546 g/mol. The van der Waals surface area contributed by atoms with Crippen LogP contribution in [-0.4, -0.2) is 83.3 Å². The van der Waals surface area contributed by atoms with Crippen LogP contribution in [0.3, 0.4) is 0 Å². The normalized spacial score (nSPS) is 13.1. The average molecular weight is 546 g/mol. The van der Waals surface area contributed by atoms with E-state index < -0.39 is 35.9 Å². The van der Waals surface area contributed by atoms with Crippen LogP contribution < -0.4 is 26.3 Å². The summed E-state index contributed by atoms with van der Waals surface area (Å²) in [6, 6.07) is 0. The van der Waals surface area contributed by atoms with Crippen LogP contribution in [-0.2, 0) is 36.9 Å². The Hall–Kier alpha value is -4.33. The lowest BCUT2D eigenvalue weighted by molar-refractivity contribution is -0.200. The summed E-state index contributed by atoms with van der Waals surface area (Å²) < 4.78 is 48.4. The number of hydrogen-bond acceptors (Lipinski definition) is 11. The molecule has 3 heterocycles. The van der Waals surface area contributed by atoms with Gasteiger partial charge in [-0.1, -0.05) is 10.7 Å². The van der Waals surface area contributed by atoms with Crippen molar-refractivity contribution in [1.29, 1.82) is 0 Å². The minimum absolute atomic E-state index is 0.106. The lowest BCUT2D eigenvalue weighted by atomic mass is 10.4. The first kappa shape index (κ1) is 29.9. The summed E-state index contributed by atoms with van der Waals surface area (Å²) in [5.41, 5.74) is -3.53. The number of nitrogens with one attached hydrogen (secondary N) is 1. The predicted molar refractivity (Wildman–Crippen MR) is 124 cm³/mol. The highest BCUT2D eigenvalue weighted by Gasteiger charge is 2.43. The van der Waals surface area contributed by atoms with Gasteiger partial charge in [-0.2, -0.15) is 18.2 Å². The molecule has 0 amide bonds. The van der Waals surface area contributed by atoms with Crippen LogP contribution in [0.5, 0.6) is 0 Å². The van der Waals surface area contributed by atoms with Crippen LogP contribution in [0.2, 0.25) is 0 Å². The van der Waals surface area contributed by atoms with Gasteiger partial charge in [-0.25, -0.2) is 9.59 Å². The second kappa shape index (κ2) is 12.8. The quantitative estimate of drug-likeness (QED) is 0.350. The van der Waals surface area contributed by atoms with Gasteiger partial charge in [0.05, 0.1) is 20.8 Å². The van der Waals surface area contributed by atoms with E-state index in [0.29, 0.717) is 30.7 Å². The van der Waals surface area contributed by atoms with Gasteiger partial charge < -0.3 is 24.5 Å². The molecule has 17 heteroatoms. The van der Waals surface area contributed by atoms with E-state index in [9.17, 15) is 37.1 Å². The minimum Gasteiger partial charge on any atom is -0.469 e. The van der Waals surface area contributed by atoms with Gasteiger partial charge in [0.1, 0.15) is 6.54 Å². The molecule has 3 rings (SSSR count). The minimum atomic E-state index is -5.48. The third-order valence-corrected chi connectivity index (χ3v) is 5.00. The number of ether oxygens (including phenoxy) is 2. The summed E-state index contributed by atoms with van der Waals surface area (Å²) in [5.74, 6) is 1.61.